The average molecular weight is 309 g/mol. The first-order valence-electron chi connectivity index (χ1n) is 5.98. The number of nitrogens with zero attached hydrogens (tertiary/aromatic N) is 1. The number of allylic oxidation sites excluding steroid dienone is 3. The Morgan fingerprint density at radius 1 is 1.20 bits per heavy atom. The summed E-state index contributed by atoms with van der Waals surface area (Å²) in [6.07, 6.45) is 3.11. The highest BCUT2D eigenvalue weighted by Crippen LogP contribution is 2.43. The van der Waals surface area contributed by atoms with Crippen LogP contribution in [-0.2, 0) is 0 Å². The van der Waals surface area contributed by atoms with Gasteiger partial charge >= 0.3 is 6.03 Å². The van der Waals surface area contributed by atoms with E-state index in [1.54, 1.807) is 18.2 Å². The molecule has 0 saturated carbocycles. The summed E-state index contributed by atoms with van der Waals surface area (Å²) in [6, 6.07) is 6.62. The second-order valence-corrected chi connectivity index (χ2v) is 5.23. The number of primary amides is 1. The standard InChI is InChI=1S/C15H14Cl2N2O/c1-3-9-11(4-2)19(15(18)20)12-8-6-5-7-10(12)14(17)13(9)16/h3-8,13-14H,1-2H2,(H2,18,20). The topological polar surface area (TPSA) is 46.3 Å². The number of halogens is 2. The van der Waals surface area contributed by atoms with Crippen LogP contribution in [0.15, 0.2) is 60.8 Å². The zero-order valence-electron chi connectivity index (χ0n) is 10.7. The van der Waals surface area contributed by atoms with E-state index in [4.69, 9.17) is 28.9 Å². The maximum Gasteiger partial charge on any atom is 0.323 e. The van der Waals surface area contributed by atoms with Crippen LogP contribution < -0.4 is 10.6 Å². The molecule has 0 radical (unpaired) electrons. The van der Waals surface area contributed by atoms with Crippen LogP contribution in [0.5, 0.6) is 0 Å². The molecule has 1 heterocycles. The van der Waals surface area contributed by atoms with Gasteiger partial charge in [-0.1, -0.05) is 37.4 Å². The molecule has 0 aliphatic carbocycles. The van der Waals surface area contributed by atoms with Crippen molar-refractivity contribution in [1.29, 1.82) is 0 Å². The Balaban J connectivity index is 2.81. The summed E-state index contributed by atoms with van der Waals surface area (Å²) in [5.74, 6) is 0. The van der Waals surface area contributed by atoms with Gasteiger partial charge < -0.3 is 5.73 Å². The molecule has 5 heteroatoms. The third-order valence-electron chi connectivity index (χ3n) is 3.20. The fourth-order valence-electron chi connectivity index (χ4n) is 2.30. The van der Waals surface area contributed by atoms with Crippen molar-refractivity contribution in [2.24, 2.45) is 5.73 Å². The van der Waals surface area contributed by atoms with Crippen LogP contribution in [0.25, 0.3) is 0 Å². The molecule has 1 aromatic rings. The Morgan fingerprint density at radius 2 is 1.85 bits per heavy atom. The van der Waals surface area contributed by atoms with E-state index in [2.05, 4.69) is 13.2 Å². The predicted molar refractivity (Wildman–Crippen MR) is 84.2 cm³/mol. The third-order valence-corrected chi connectivity index (χ3v) is 4.30. The zero-order valence-corrected chi connectivity index (χ0v) is 12.2. The molecule has 104 valence electrons. The minimum atomic E-state index is -0.624. The molecule has 2 amide bonds. The van der Waals surface area contributed by atoms with Gasteiger partial charge in [-0.3, -0.25) is 4.90 Å². The predicted octanol–water partition coefficient (Wildman–Crippen LogP) is 4.10. The lowest BCUT2D eigenvalue weighted by Gasteiger charge is -2.23. The molecule has 0 bridgehead atoms. The molecule has 2 rings (SSSR count). The van der Waals surface area contributed by atoms with Gasteiger partial charge in [-0.2, -0.15) is 0 Å². The highest BCUT2D eigenvalue weighted by atomic mass is 35.5. The number of fused-ring (bicyclic) bond motifs is 1. The quantitative estimate of drug-likeness (QED) is 0.821. The second kappa shape index (κ2) is 5.73. The minimum absolute atomic E-state index is 0.500. The lowest BCUT2D eigenvalue weighted by molar-refractivity contribution is 0.255. The molecule has 0 spiro atoms. The van der Waals surface area contributed by atoms with E-state index in [-0.39, 0.29) is 0 Å². The molecule has 0 saturated heterocycles. The van der Waals surface area contributed by atoms with Crippen molar-refractivity contribution in [3.8, 4) is 0 Å². The van der Waals surface area contributed by atoms with E-state index in [1.807, 2.05) is 12.1 Å². The van der Waals surface area contributed by atoms with Gasteiger partial charge in [-0.15, -0.1) is 23.2 Å². The molecule has 2 N–H and O–H groups in total. The normalized spacial score (nSPS) is 22.0. The molecular weight excluding hydrogens is 295 g/mol. The number of benzene rings is 1. The maximum absolute atomic E-state index is 11.9. The van der Waals surface area contributed by atoms with Crippen LogP contribution in [0.2, 0.25) is 0 Å². The average Bonchev–Trinajstić information content (AvgIpc) is 2.53. The molecule has 2 unspecified atom stereocenters. The zero-order chi connectivity index (χ0) is 14.9. The van der Waals surface area contributed by atoms with Crippen LogP contribution in [0.4, 0.5) is 10.5 Å². The van der Waals surface area contributed by atoms with Gasteiger partial charge in [0.1, 0.15) is 0 Å². The largest absolute Gasteiger partial charge is 0.351 e. The Kier molecular flexibility index (Phi) is 4.21. The number of urea groups is 1. The Morgan fingerprint density at radius 3 is 2.40 bits per heavy atom. The Hall–Kier alpha value is -1.71. The van der Waals surface area contributed by atoms with Crippen molar-refractivity contribution >= 4 is 34.9 Å². The van der Waals surface area contributed by atoms with E-state index in [0.29, 0.717) is 17.0 Å². The van der Waals surface area contributed by atoms with Crippen molar-refractivity contribution in [1.82, 2.24) is 0 Å². The van der Waals surface area contributed by atoms with Gasteiger partial charge in [0.25, 0.3) is 0 Å². The van der Waals surface area contributed by atoms with Crippen LogP contribution in [0.3, 0.4) is 0 Å². The summed E-state index contributed by atoms with van der Waals surface area (Å²) in [6.45, 7) is 7.47. The highest BCUT2D eigenvalue weighted by Gasteiger charge is 2.33. The Labute approximate surface area is 128 Å². The number of rotatable bonds is 2. The number of nitrogens with two attached hydrogens (primary N) is 1. The van der Waals surface area contributed by atoms with Gasteiger partial charge in [-0.25, -0.2) is 4.79 Å². The van der Waals surface area contributed by atoms with Gasteiger partial charge in [-0.05, 0) is 23.3 Å². The molecule has 1 aliphatic rings. The SMILES string of the molecule is C=CC1=C(C=C)N(C(N)=O)c2ccccc2C(Cl)C1Cl. The number of hydrogen-bond donors (Lipinski definition) is 1. The molecular formula is C15H14Cl2N2O. The number of amides is 2. The summed E-state index contributed by atoms with van der Waals surface area (Å²) in [5.41, 5.74) is 7.98. The monoisotopic (exact) mass is 308 g/mol. The fourth-order valence-corrected chi connectivity index (χ4v) is 2.96. The van der Waals surface area contributed by atoms with Gasteiger partial charge in [0, 0.05) is 0 Å². The molecule has 0 fully saturated rings. The first-order valence-corrected chi connectivity index (χ1v) is 6.85. The lowest BCUT2D eigenvalue weighted by atomic mass is 10.0. The summed E-state index contributed by atoms with van der Waals surface area (Å²) in [5, 5.41) is -1.03. The van der Waals surface area contributed by atoms with Crippen LogP contribution in [0.1, 0.15) is 10.9 Å². The number of carbonyl (C=O) groups excluding carboxylic acids is 1. The smallest absolute Gasteiger partial charge is 0.323 e. The van der Waals surface area contributed by atoms with Crippen molar-refractivity contribution < 1.29 is 4.79 Å². The molecule has 1 aromatic carbocycles. The van der Waals surface area contributed by atoms with Crippen LogP contribution in [-0.4, -0.2) is 11.4 Å². The molecule has 2 atom stereocenters. The first kappa shape index (κ1) is 14.7. The van der Waals surface area contributed by atoms with Gasteiger partial charge in [0.2, 0.25) is 0 Å². The van der Waals surface area contributed by atoms with E-state index in [0.717, 1.165) is 5.56 Å². The molecule has 20 heavy (non-hydrogen) atoms. The molecule has 0 aromatic heterocycles. The van der Waals surface area contributed by atoms with Crippen molar-refractivity contribution in [2.75, 3.05) is 4.90 Å². The van der Waals surface area contributed by atoms with E-state index in [1.165, 1.54) is 11.0 Å². The number of anilines is 1. The highest BCUT2D eigenvalue weighted by molar-refractivity contribution is 6.32. The second-order valence-electron chi connectivity index (χ2n) is 4.28. The summed E-state index contributed by atoms with van der Waals surface area (Å²) >= 11 is 12.9. The van der Waals surface area contributed by atoms with Crippen LogP contribution in [0, 0.1) is 0 Å². The number of hydrogen-bond acceptors (Lipinski definition) is 1. The number of para-hydroxylation sites is 1. The first-order chi connectivity index (χ1) is 9.52. The van der Waals surface area contributed by atoms with Gasteiger partial charge in [0.05, 0.1) is 22.1 Å². The van der Waals surface area contributed by atoms with Crippen molar-refractivity contribution in [3.05, 3.63) is 66.4 Å². The summed E-state index contributed by atoms with van der Waals surface area (Å²) in [7, 11) is 0. The maximum atomic E-state index is 11.9. The van der Waals surface area contributed by atoms with E-state index >= 15 is 0 Å². The van der Waals surface area contributed by atoms with Crippen molar-refractivity contribution in [3.63, 3.8) is 0 Å². The fraction of sp³-hybridized carbons (Fsp3) is 0.133. The number of carbonyl (C=O) groups is 1. The number of alkyl halides is 2. The third kappa shape index (κ3) is 2.23. The van der Waals surface area contributed by atoms with Crippen LogP contribution >= 0.6 is 23.2 Å². The van der Waals surface area contributed by atoms with Gasteiger partial charge in [0.15, 0.2) is 0 Å². The van der Waals surface area contributed by atoms with E-state index < -0.39 is 16.8 Å². The summed E-state index contributed by atoms with van der Waals surface area (Å²) < 4.78 is 0. The minimum Gasteiger partial charge on any atom is -0.351 e. The van der Waals surface area contributed by atoms with E-state index in [9.17, 15) is 4.79 Å². The molecule has 1 aliphatic heterocycles. The molecule has 3 nitrogen and oxygen atoms in total. The Bertz CT molecular complexity index is 610. The lowest BCUT2D eigenvalue weighted by Crippen LogP contribution is -2.35. The van der Waals surface area contributed by atoms with Crippen molar-refractivity contribution in [2.45, 2.75) is 10.8 Å². The summed E-state index contributed by atoms with van der Waals surface area (Å²) in [4.78, 5) is 13.2.